The quantitative estimate of drug-likeness (QED) is 0.446. The SMILES string of the molecule is C1C[C@@H]2C[C@@H]1C[C@@]21CO1. The Labute approximate surface area is 55.4 Å². The van der Waals surface area contributed by atoms with E-state index in [9.17, 15) is 0 Å². The molecule has 3 fully saturated rings. The monoisotopic (exact) mass is 124 g/mol. The van der Waals surface area contributed by atoms with Crippen LogP contribution in [0.15, 0.2) is 0 Å². The number of hydrogen-bond donors (Lipinski definition) is 0. The van der Waals surface area contributed by atoms with Gasteiger partial charge in [0.25, 0.3) is 0 Å². The van der Waals surface area contributed by atoms with Crippen molar-refractivity contribution in [1.82, 2.24) is 0 Å². The van der Waals surface area contributed by atoms with Crippen LogP contribution in [0.2, 0.25) is 0 Å². The molecule has 1 aliphatic heterocycles. The maximum absolute atomic E-state index is 5.49. The Bertz CT molecular complexity index is 149. The Morgan fingerprint density at radius 2 is 2.22 bits per heavy atom. The van der Waals surface area contributed by atoms with Crippen molar-refractivity contribution in [1.29, 1.82) is 0 Å². The Morgan fingerprint density at radius 1 is 1.33 bits per heavy atom. The normalized spacial score (nSPS) is 61.3. The van der Waals surface area contributed by atoms with Gasteiger partial charge in [0, 0.05) is 0 Å². The molecule has 0 unspecified atom stereocenters. The molecule has 2 bridgehead atoms. The molecule has 3 aliphatic rings. The van der Waals surface area contributed by atoms with Gasteiger partial charge in [-0.2, -0.15) is 0 Å². The van der Waals surface area contributed by atoms with Gasteiger partial charge in [-0.05, 0) is 37.5 Å². The Morgan fingerprint density at radius 3 is 2.56 bits per heavy atom. The number of rotatable bonds is 0. The second-order valence-electron chi connectivity index (χ2n) is 3.93. The van der Waals surface area contributed by atoms with E-state index in [1.54, 1.807) is 0 Å². The molecule has 2 aliphatic carbocycles. The van der Waals surface area contributed by atoms with Crippen molar-refractivity contribution < 1.29 is 4.74 Å². The third-order valence-corrected chi connectivity index (χ3v) is 3.43. The molecule has 50 valence electrons. The highest BCUT2D eigenvalue weighted by Gasteiger charge is 2.59. The maximum Gasteiger partial charge on any atom is 0.0947 e. The highest BCUT2D eigenvalue weighted by Crippen LogP contribution is 2.58. The van der Waals surface area contributed by atoms with Crippen LogP contribution in [0, 0.1) is 11.8 Å². The smallest absolute Gasteiger partial charge is 0.0947 e. The van der Waals surface area contributed by atoms with Crippen molar-refractivity contribution in [2.24, 2.45) is 11.8 Å². The van der Waals surface area contributed by atoms with Crippen molar-refractivity contribution >= 4 is 0 Å². The largest absolute Gasteiger partial charge is 0.369 e. The molecule has 1 heterocycles. The van der Waals surface area contributed by atoms with Crippen molar-refractivity contribution in [3.63, 3.8) is 0 Å². The summed E-state index contributed by atoms with van der Waals surface area (Å²) in [6.07, 6.45) is 5.85. The molecule has 1 nitrogen and oxygen atoms in total. The summed E-state index contributed by atoms with van der Waals surface area (Å²) in [5.41, 5.74) is 0.461. The van der Waals surface area contributed by atoms with Gasteiger partial charge in [-0.25, -0.2) is 0 Å². The van der Waals surface area contributed by atoms with Crippen LogP contribution in [0.3, 0.4) is 0 Å². The molecule has 1 heteroatoms. The topological polar surface area (TPSA) is 12.5 Å². The summed E-state index contributed by atoms with van der Waals surface area (Å²) < 4.78 is 5.49. The van der Waals surface area contributed by atoms with Gasteiger partial charge in [0.1, 0.15) is 0 Å². The number of hydrogen-bond acceptors (Lipinski definition) is 1. The molecule has 0 aromatic rings. The Kier molecular flexibility index (Phi) is 0.628. The first-order chi connectivity index (χ1) is 4.39. The second-order valence-corrected chi connectivity index (χ2v) is 3.93. The fourth-order valence-electron chi connectivity index (χ4n) is 2.84. The molecular formula is C8H12O. The minimum atomic E-state index is 0.461. The van der Waals surface area contributed by atoms with E-state index in [1.807, 2.05) is 0 Å². The lowest BCUT2D eigenvalue weighted by Gasteiger charge is -2.15. The van der Waals surface area contributed by atoms with Crippen LogP contribution in [-0.4, -0.2) is 12.2 Å². The third kappa shape index (κ3) is 0.454. The first kappa shape index (κ1) is 4.73. The molecule has 1 saturated heterocycles. The van der Waals surface area contributed by atoms with E-state index in [0.717, 1.165) is 18.4 Å². The highest BCUT2D eigenvalue weighted by atomic mass is 16.6. The van der Waals surface area contributed by atoms with Crippen LogP contribution in [0.25, 0.3) is 0 Å². The molecule has 0 radical (unpaired) electrons. The molecule has 0 N–H and O–H groups in total. The average Bonchev–Trinajstić information content (AvgIpc) is 2.40. The Balaban J connectivity index is 1.96. The van der Waals surface area contributed by atoms with E-state index in [2.05, 4.69) is 0 Å². The first-order valence-corrected chi connectivity index (χ1v) is 4.03. The number of ether oxygens (including phenoxy) is 1. The first-order valence-electron chi connectivity index (χ1n) is 4.03. The predicted molar refractivity (Wildman–Crippen MR) is 34.1 cm³/mol. The zero-order valence-electron chi connectivity index (χ0n) is 5.60. The lowest BCUT2D eigenvalue weighted by atomic mass is 9.89. The summed E-state index contributed by atoms with van der Waals surface area (Å²) in [4.78, 5) is 0. The summed E-state index contributed by atoms with van der Waals surface area (Å²) in [5, 5.41) is 0. The molecule has 3 rings (SSSR count). The summed E-state index contributed by atoms with van der Waals surface area (Å²) in [6.45, 7) is 1.09. The van der Waals surface area contributed by atoms with E-state index in [1.165, 1.54) is 25.7 Å². The average molecular weight is 124 g/mol. The van der Waals surface area contributed by atoms with Crippen molar-refractivity contribution in [2.75, 3.05) is 6.61 Å². The highest BCUT2D eigenvalue weighted by molar-refractivity contribution is 5.08. The van der Waals surface area contributed by atoms with Crippen molar-refractivity contribution in [3.05, 3.63) is 0 Å². The van der Waals surface area contributed by atoms with E-state index >= 15 is 0 Å². The minimum Gasteiger partial charge on any atom is -0.369 e. The third-order valence-electron chi connectivity index (χ3n) is 3.43. The lowest BCUT2D eigenvalue weighted by molar-refractivity contribution is 0.218. The molecule has 0 aromatic heterocycles. The maximum atomic E-state index is 5.49. The molecule has 0 amide bonds. The molecular weight excluding hydrogens is 112 g/mol. The summed E-state index contributed by atoms with van der Waals surface area (Å²) in [7, 11) is 0. The van der Waals surface area contributed by atoms with Gasteiger partial charge in [-0.1, -0.05) is 0 Å². The predicted octanol–water partition coefficient (Wildman–Crippen LogP) is 1.58. The van der Waals surface area contributed by atoms with Crippen LogP contribution in [0.1, 0.15) is 25.7 Å². The molecule has 9 heavy (non-hydrogen) atoms. The fourth-order valence-corrected chi connectivity index (χ4v) is 2.84. The van der Waals surface area contributed by atoms with Gasteiger partial charge in [-0.3, -0.25) is 0 Å². The van der Waals surface area contributed by atoms with E-state index in [-0.39, 0.29) is 0 Å². The van der Waals surface area contributed by atoms with Crippen LogP contribution >= 0.6 is 0 Å². The van der Waals surface area contributed by atoms with Gasteiger partial charge in [0.2, 0.25) is 0 Å². The zero-order chi connectivity index (χ0) is 5.90. The molecule has 1 spiro atoms. The summed E-state index contributed by atoms with van der Waals surface area (Å²) in [6, 6.07) is 0. The summed E-state index contributed by atoms with van der Waals surface area (Å²) in [5.74, 6) is 2.03. The second kappa shape index (κ2) is 1.20. The van der Waals surface area contributed by atoms with Gasteiger partial charge >= 0.3 is 0 Å². The van der Waals surface area contributed by atoms with Crippen LogP contribution in [-0.2, 0) is 4.74 Å². The van der Waals surface area contributed by atoms with Gasteiger partial charge in [0.15, 0.2) is 0 Å². The Hall–Kier alpha value is -0.0400. The van der Waals surface area contributed by atoms with Gasteiger partial charge in [-0.15, -0.1) is 0 Å². The lowest BCUT2D eigenvalue weighted by Crippen LogP contribution is -2.19. The van der Waals surface area contributed by atoms with E-state index in [4.69, 9.17) is 4.74 Å². The van der Waals surface area contributed by atoms with E-state index < -0.39 is 0 Å². The van der Waals surface area contributed by atoms with Crippen molar-refractivity contribution in [2.45, 2.75) is 31.3 Å². The van der Waals surface area contributed by atoms with Crippen LogP contribution in [0.5, 0.6) is 0 Å². The standard InChI is InChI=1S/C8H12O/c1-2-7-3-6(1)4-8(7)5-9-8/h6-7H,1-5H2/t6-,7-,8-/m1/s1. The van der Waals surface area contributed by atoms with Gasteiger partial charge < -0.3 is 4.74 Å². The summed E-state index contributed by atoms with van der Waals surface area (Å²) >= 11 is 0. The zero-order valence-corrected chi connectivity index (χ0v) is 5.60. The van der Waals surface area contributed by atoms with Crippen molar-refractivity contribution in [3.8, 4) is 0 Å². The van der Waals surface area contributed by atoms with Gasteiger partial charge in [0.05, 0.1) is 12.2 Å². The molecule has 0 aromatic carbocycles. The van der Waals surface area contributed by atoms with E-state index in [0.29, 0.717) is 5.60 Å². The minimum absolute atomic E-state index is 0.461. The number of epoxide rings is 1. The number of fused-ring (bicyclic) bond motifs is 3. The molecule has 3 atom stereocenters. The fraction of sp³-hybridized carbons (Fsp3) is 1.00. The van der Waals surface area contributed by atoms with Crippen LogP contribution in [0.4, 0.5) is 0 Å². The molecule has 2 saturated carbocycles. The van der Waals surface area contributed by atoms with Crippen LogP contribution < -0.4 is 0 Å².